The van der Waals surface area contributed by atoms with E-state index in [1.165, 1.54) is 17.2 Å². The number of hydrazone groups is 1. The fourth-order valence-corrected chi connectivity index (χ4v) is 3.41. The van der Waals surface area contributed by atoms with Gasteiger partial charge < -0.3 is 4.57 Å². The molecule has 7 nitrogen and oxygen atoms in total. The van der Waals surface area contributed by atoms with E-state index in [0.29, 0.717) is 5.56 Å². The first kappa shape index (κ1) is 21.0. The van der Waals surface area contributed by atoms with Gasteiger partial charge in [0.2, 0.25) is 5.91 Å². The molecule has 3 aromatic rings. The molecule has 30 heavy (non-hydrogen) atoms. The first-order valence-electron chi connectivity index (χ1n) is 9.58. The van der Waals surface area contributed by atoms with Crippen LogP contribution in [-0.2, 0) is 11.2 Å². The van der Waals surface area contributed by atoms with E-state index in [1.807, 2.05) is 19.9 Å². The van der Waals surface area contributed by atoms with Crippen LogP contribution in [0, 0.1) is 37.8 Å². The summed E-state index contributed by atoms with van der Waals surface area (Å²) in [5.41, 5.74) is 9.22. The number of carbonyl (C=O) groups excluding carboxylic acids is 1. The minimum atomic E-state index is -0.493. The molecule has 0 bridgehead atoms. The van der Waals surface area contributed by atoms with Gasteiger partial charge in [-0.2, -0.15) is 5.10 Å². The maximum atomic E-state index is 12.2. The summed E-state index contributed by atoms with van der Waals surface area (Å²) in [6.45, 7) is 8.19. The number of amides is 1. The van der Waals surface area contributed by atoms with Gasteiger partial charge in [-0.3, -0.25) is 14.9 Å². The lowest BCUT2D eigenvalue weighted by atomic mass is 10.1. The molecule has 0 spiro atoms. The lowest BCUT2D eigenvalue weighted by molar-refractivity contribution is -0.385. The van der Waals surface area contributed by atoms with Crippen LogP contribution in [0.5, 0.6) is 0 Å². The number of nitrogens with one attached hydrogen (secondary N) is 1. The average Bonchev–Trinajstić information content (AvgIpc) is 2.98. The zero-order valence-electron chi connectivity index (χ0n) is 17.5. The van der Waals surface area contributed by atoms with E-state index in [2.05, 4.69) is 47.1 Å². The van der Waals surface area contributed by atoms with Crippen molar-refractivity contribution in [2.45, 2.75) is 34.1 Å². The van der Waals surface area contributed by atoms with Crippen LogP contribution in [0.15, 0.2) is 53.6 Å². The number of para-hydroxylation sites is 1. The Morgan fingerprint density at radius 1 is 1.10 bits per heavy atom. The number of benzene rings is 2. The van der Waals surface area contributed by atoms with E-state index in [4.69, 9.17) is 0 Å². The summed E-state index contributed by atoms with van der Waals surface area (Å²) < 4.78 is 2.14. The Labute approximate surface area is 175 Å². The predicted molar refractivity (Wildman–Crippen MR) is 117 cm³/mol. The molecule has 1 amide bonds. The molecule has 0 saturated carbocycles. The molecule has 0 saturated heterocycles. The van der Waals surface area contributed by atoms with Gasteiger partial charge >= 0.3 is 0 Å². The lowest BCUT2D eigenvalue weighted by Gasteiger charge is -2.11. The van der Waals surface area contributed by atoms with Crippen molar-refractivity contribution in [3.63, 3.8) is 0 Å². The Balaban J connectivity index is 1.74. The quantitative estimate of drug-likeness (QED) is 0.377. The monoisotopic (exact) mass is 404 g/mol. The Morgan fingerprint density at radius 3 is 2.53 bits per heavy atom. The first-order valence-corrected chi connectivity index (χ1v) is 9.58. The van der Waals surface area contributed by atoms with Gasteiger partial charge in [0.1, 0.15) is 0 Å². The van der Waals surface area contributed by atoms with E-state index in [0.717, 1.165) is 22.6 Å². The van der Waals surface area contributed by atoms with Crippen LogP contribution in [0.4, 0.5) is 5.69 Å². The Kier molecular flexibility index (Phi) is 6.11. The molecule has 3 rings (SSSR count). The third-order valence-electron chi connectivity index (χ3n) is 5.15. The van der Waals surface area contributed by atoms with Gasteiger partial charge in [0.25, 0.3) is 5.69 Å². The van der Waals surface area contributed by atoms with Crippen molar-refractivity contribution in [2.24, 2.45) is 5.10 Å². The third-order valence-corrected chi connectivity index (χ3v) is 5.15. The zero-order chi connectivity index (χ0) is 21.8. The number of hydrogen-bond donors (Lipinski definition) is 1. The SMILES string of the molecule is Cc1ccc(-n2c(C)cc(C=NNC(=O)Cc3ccccc3[N+](=O)[O-])c2C)cc1C. The summed E-state index contributed by atoms with van der Waals surface area (Å²) in [6, 6.07) is 14.5. The van der Waals surface area contributed by atoms with Crippen molar-refractivity contribution >= 4 is 17.8 Å². The molecule has 1 heterocycles. The second kappa shape index (κ2) is 8.73. The summed E-state index contributed by atoms with van der Waals surface area (Å²) >= 11 is 0. The van der Waals surface area contributed by atoms with Crippen LogP contribution in [0.25, 0.3) is 5.69 Å². The molecule has 0 aliphatic rings. The molecule has 0 radical (unpaired) electrons. The van der Waals surface area contributed by atoms with Crippen LogP contribution in [0.3, 0.4) is 0 Å². The highest BCUT2D eigenvalue weighted by Gasteiger charge is 2.15. The Morgan fingerprint density at radius 2 is 1.83 bits per heavy atom. The molecule has 1 aromatic heterocycles. The van der Waals surface area contributed by atoms with E-state index < -0.39 is 10.8 Å². The van der Waals surface area contributed by atoms with E-state index in [-0.39, 0.29) is 12.1 Å². The normalized spacial score (nSPS) is 11.1. The standard InChI is InChI=1S/C23H24N4O3/c1-15-9-10-21(11-16(15)2)26-17(3)12-20(18(26)4)14-24-25-23(28)13-19-7-5-6-8-22(19)27(29)30/h5-12,14H,13H2,1-4H3,(H,25,28). The maximum absolute atomic E-state index is 12.2. The summed E-state index contributed by atoms with van der Waals surface area (Å²) in [6.07, 6.45) is 1.48. The molecule has 0 unspecified atom stereocenters. The van der Waals surface area contributed by atoms with E-state index in [1.54, 1.807) is 24.4 Å². The lowest BCUT2D eigenvalue weighted by Crippen LogP contribution is -2.20. The van der Waals surface area contributed by atoms with Crippen LogP contribution in [0.1, 0.15) is 33.6 Å². The fraction of sp³-hybridized carbons (Fsp3) is 0.217. The number of aryl methyl sites for hydroxylation is 3. The van der Waals surface area contributed by atoms with Crippen LogP contribution in [-0.4, -0.2) is 21.6 Å². The molecule has 0 aliphatic heterocycles. The summed E-state index contributed by atoms with van der Waals surface area (Å²) in [5.74, 6) is -0.413. The number of nitro groups is 1. The first-order chi connectivity index (χ1) is 14.3. The summed E-state index contributed by atoms with van der Waals surface area (Å²) in [4.78, 5) is 22.8. The van der Waals surface area contributed by atoms with Crippen LogP contribution in [0.2, 0.25) is 0 Å². The van der Waals surface area contributed by atoms with Crippen molar-refractivity contribution < 1.29 is 9.72 Å². The second-order valence-corrected chi connectivity index (χ2v) is 7.29. The van der Waals surface area contributed by atoms with Gasteiger partial charge in [0, 0.05) is 34.3 Å². The molecule has 154 valence electrons. The Bertz CT molecular complexity index is 1150. The highest BCUT2D eigenvalue weighted by molar-refractivity contribution is 5.85. The predicted octanol–water partition coefficient (Wildman–Crippen LogP) is 4.31. The minimum absolute atomic E-state index is 0.0754. The third kappa shape index (κ3) is 4.46. The Hall–Kier alpha value is -3.74. The summed E-state index contributed by atoms with van der Waals surface area (Å²) in [7, 11) is 0. The number of nitrogens with zero attached hydrogens (tertiary/aromatic N) is 3. The van der Waals surface area contributed by atoms with Crippen molar-refractivity contribution in [1.29, 1.82) is 0 Å². The number of nitro benzene ring substituents is 1. The molecule has 7 heteroatoms. The van der Waals surface area contributed by atoms with Gasteiger partial charge in [0.05, 0.1) is 17.6 Å². The smallest absolute Gasteiger partial charge is 0.273 e. The van der Waals surface area contributed by atoms with Crippen molar-refractivity contribution in [3.05, 3.63) is 92.3 Å². The number of carbonyl (C=O) groups is 1. The zero-order valence-corrected chi connectivity index (χ0v) is 17.5. The van der Waals surface area contributed by atoms with Gasteiger partial charge in [-0.05, 0) is 57.0 Å². The van der Waals surface area contributed by atoms with Crippen LogP contribution >= 0.6 is 0 Å². The van der Waals surface area contributed by atoms with Crippen molar-refractivity contribution in [2.75, 3.05) is 0 Å². The van der Waals surface area contributed by atoms with Crippen molar-refractivity contribution in [1.82, 2.24) is 9.99 Å². The molecule has 0 fully saturated rings. The number of hydrogen-bond acceptors (Lipinski definition) is 4. The maximum Gasteiger partial charge on any atom is 0.273 e. The largest absolute Gasteiger partial charge is 0.318 e. The highest BCUT2D eigenvalue weighted by Crippen LogP contribution is 2.22. The summed E-state index contributed by atoms with van der Waals surface area (Å²) in [5, 5.41) is 15.1. The molecule has 1 N–H and O–H groups in total. The van der Waals surface area contributed by atoms with Gasteiger partial charge in [-0.15, -0.1) is 0 Å². The van der Waals surface area contributed by atoms with Gasteiger partial charge in [-0.1, -0.05) is 24.3 Å². The highest BCUT2D eigenvalue weighted by atomic mass is 16.6. The topological polar surface area (TPSA) is 89.5 Å². The van der Waals surface area contributed by atoms with Crippen LogP contribution < -0.4 is 5.43 Å². The molecular formula is C23H24N4O3. The average molecular weight is 404 g/mol. The fourth-order valence-electron chi connectivity index (χ4n) is 3.41. The van der Waals surface area contributed by atoms with Gasteiger partial charge in [0.15, 0.2) is 0 Å². The van der Waals surface area contributed by atoms with E-state index in [9.17, 15) is 14.9 Å². The second-order valence-electron chi connectivity index (χ2n) is 7.29. The molecule has 0 atom stereocenters. The molecule has 0 aliphatic carbocycles. The van der Waals surface area contributed by atoms with E-state index >= 15 is 0 Å². The molecular weight excluding hydrogens is 380 g/mol. The molecule has 2 aromatic carbocycles. The van der Waals surface area contributed by atoms with Crippen molar-refractivity contribution in [3.8, 4) is 5.69 Å². The van der Waals surface area contributed by atoms with Gasteiger partial charge in [-0.25, -0.2) is 5.43 Å². The number of rotatable bonds is 6. The number of aromatic nitrogens is 1. The minimum Gasteiger partial charge on any atom is -0.318 e.